The Bertz CT molecular complexity index is 1520. The van der Waals surface area contributed by atoms with Crippen molar-refractivity contribution >= 4 is 34.5 Å². The Hall–Kier alpha value is -3.92. The summed E-state index contributed by atoms with van der Waals surface area (Å²) in [6, 6.07) is 10.7. The van der Waals surface area contributed by atoms with Crippen molar-refractivity contribution in [2.75, 3.05) is 32.5 Å². The van der Waals surface area contributed by atoms with Crippen molar-refractivity contribution in [3.63, 3.8) is 0 Å². The number of amides is 2. The van der Waals surface area contributed by atoms with Crippen LogP contribution in [0.4, 0.5) is 14.9 Å². The number of nitrogens with two attached hydrogens (primary N) is 1. The van der Waals surface area contributed by atoms with E-state index >= 15 is 4.39 Å². The van der Waals surface area contributed by atoms with Crippen LogP contribution in [0.2, 0.25) is 0 Å². The van der Waals surface area contributed by atoms with Crippen LogP contribution in [0, 0.1) is 11.2 Å². The second-order valence-electron chi connectivity index (χ2n) is 12.6. The highest BCUT2D eigenvalue weighted by Gasteiger charge is 2.35. The summed E-state index contributed by atoms with van der Waals surface area (Å²) in [5.41, 5.74) is 8.56. The van der Waals surface area contributed by atoms with E-state index in [9.17, 15) is 14.4 Å². The van der Waals surface area contributed by atoms with Gasteiger partial charge in [-0.1, -0.05) is 32.0 Å². The van der Waals surface area contributed by atoms with Crippen LogP contribution in [0.3, 0.4) is 0 Å². The lowest BCUT2D eigenvalue weighted by atomic mass is 9.80. The number of rotatable bonds is 8. The molecule has 0 unspecified atom stereocenters. The molecule has 4 N–H and O–H groups in total. The van der Waals surface area contributed by atoms with Crippen LogP contribution >= 0.6 is 0 Å². The minimum atomic E-state index is -0.854. The van der Waals surface area contributed by atoms with Gasteiger partial charge in [-0.05, 0) is 75.4 Å². The lowest BCUT2D eigenvalue weighted by molar-refractivity contribution is 0.0728. The standard InChI is InChI=1S/C32H40FN5O4/c1-32(2)17-26-28(22-7-5-6-8-25(22)38(26)27(39)18-32)19-15-23(33)29(30(34)40)24(16-19)36-20-9-11-21(12-10-20)42-31(41)35-13-14-37(3)4/h5-8,15-16,20-21,36H,9-14,17-18H2,1-4H3,(H2,34,40)(H,35,41). The third kappa shape index (κ3) is 6.13. The Morgan fingerprint density at radius 3 is 2.52 bits per heavy atom. The minimum absolute atomic E-state index is 0.0154. The summed E-state index contributed by atoms with van der Waals surface area (Å²) in [7, 11) is 3.87. The van der Waals surface area contributed by atoms with E-state index in [0.717, 1.165) is 28.7 Å². The van der Waals surface area contributed by atoms with Crippen LogP contribution in [0.5, 0.6) is 0 Å². The van der Waals surface area contributed by atoms with E-state index in [0.29, 0.717) is 56.3 Å². The number of nitrogens with one attached hydrogen (secondary N) is 2. The molecule has 1 aliphatic heterocycles. The van der Waals surface area contributed by atoms with E-state index in [-0.39, 0.29) is 29.0 Å². The normalized spacial score (nSPS) is 19.9. The van der Waals surface area contributed by atoms with Crippen LogP contribution < -0.4 is 16.4 Å². The van der Waals surface area contributed by atoms with E-state index in [4.69, 9.17) is 10.5 Å². The number of ether oxygens (including phenoxy) is 1. The Balaban J connectivity index is 1.41. The SMILES string of the molecule is CN(C)CCNC(=O)OC1CCC(Nc2cc(-c3c4n(c5ccccc35)C(=O)CC(C)(C)C4)cc(F)c2C(N)=O)CC1. The Morgan fingerprint density at radius 2 is 1.83 bits per heavy atom. The van der Waals surface area contributed by atoms with Gasteiger partial charge >= 0.3 is 6.09 Å². The van der Waals surface area contributed by atoms with Crippen molar-refractivity contribution in [2.24, 2.45) is 11.1 Å². The summed E-state index contributed by atoms with van der Waals surface area (Å²) in [6.45, 7) is 5.35. The summed E-state index contributed by atoms with van der Waals surface area (Å²) in [5, 5.41) is 7.00. The number of para-hydroxylation sites is 1. The molecular weight excluding hydrogens is 537 g/mol. The van der Waals surface area contributed by atoms with Crippen LogP contribution in [-0.4, -0.2) is 66.7 Å². The third-order valence-corrected chi connectivity index (χ3v) is 8.26. The van der Waals surface area contributed by atoms with Crippen molar-refractivity contribution in [1.82, 2.24) is 14.8 Å². The predicted octanol–water partition coefficient (Wildman–Crippen LogP) is 5.17. The molecule has 2 heterocycles. The van der Waals surface area contributed by atoms with Crippen LogP contribution in [0.1, 0.15) is 66.8 Å². The number of anilines is 1. The molecule has 9 nitrogen and oxygen atoms in total. The molecule has 0 radical (unpaired) electrons. The van der Waals surface area contributed by atoms with Crippen LogP contribution in [0.25, 0.3) is 22.0 Å². The summed E-state index contributed by atoms with van der Waals surface area (Å²) < 4.78 is 23.0. The minimum Gasteiger partial charge on any atom is -0.446 e. The Kier molecular flexibility index (Phi) is 8.28. The number of hydrogen-bond acceptors (Lipinski definition) is 6. The van der Waals surface area contributed by atoms with E-state index in [1.165, 1.54) is 6.07 Å². The largest absolute Gasteiger partial charge is 0.446 e. The monoisotopic (exact) mass is 577 g/mol. The van der Waals surface area contributed by atoms with Crippen molar-refractivity contribution in [3.8, 4) is 11.1 Å². The molecule has 0 saturated heterocycles. The lowest BCUT2D eigenvalue weighted by Crippen LogP contribution is -2.36. The van der Waals surface area contributed by atoms with Crippen molar-refractivity contribution < 1.29 is 23.5 Å². The second kappa shape index (κ2) is 11.8. The topological polar surface area (TPSA) is 119 Å². The molecule has 1 saturated carbocycles. The van der Waals surface area contributed by atoms with Gasteiger partial charge in [-0.2, -0.15) is 0 Å². The maximum Gasteiger partial charge on any atom is 0.407 e. The maximum absolute atomic E-state index is 15.6. The highest BCUT2D eigenvalue weighted by molar-refractivity contribution is 6.06. The number of nitrogens with zero attached hydrogens (tertiary/aromatic N) is 2. The molecule has 0 bridgehead atoms. The summed E-state index contributed by atoms with van der Waals surface area (Å²) >= 11 is 0. The van der Waals surface area contributed by atoms with Crippen molar-refractivity contribution in [1.29, 1.82) is 0 Å². The molecule has 1 aliphatic carbocycles. The molecule has 0 spiro atoms. The molecule has 10 heteroatoms. The number of carbonyl (C=O) groups excluding carboxylic acids is 3. The zero-order valence-corrected chi connectivity index (χ0v) is 24.8. The number of benzene rings is 2. The van der Waals surface area contributed by atoms with Crippen LogP contribution in [0.15, 0.2) is 36.4 Å². The molecule has 1 fully saturated rings. The van der Waals surface area contributed by atoms with Gasteiger partial charge in [0.15, 0.2) is 0 Å². The molecule has 5 rings (SSSR count). The van der Waals surface area contributed by atoms with Gasteiger partial charge in [-0.15, -0.1) is 0 Å². The number of likely N-dealkylation sites (N-methyl/N-ethyl adjacent to an activating group) is 1. The lowest BCUT2D eigenvalue weighted by Gasteiger charge is -2.31. The van der Waals surface area contributed by atoms with E-state index in [1.807, 2.05) is 43.3 Å². The van der Waals surface area contributed by atoms with E-state index in [2.05, 4.69) is 24.5 Å². The number of aromatic nitrogens is 1. The zero-order valence-electron chi connectivity index (χ0n) is 24.8. The number of halogens is 1. The fraction of sp³-hybridized carbons (Fsp3) is 0.469. The molecule has 2 amide bonds. The fourth-order valence-electron chi connectivity index (χ4n) is 6.31. The molecule has 3 aromatic rings. The molecule has 1 aromatic heterocycles. The summed E-state index contributed by atoms with van der Waals surface area (Å²) in [5.74, 6) is -1.55. The number of fused-ring (bicyclic) bond motifs is 3. The van der Waals surface area contributed by atoms with E-state index in [1.54, 1.807) is 10.6 Å². The highest BCUT2D eigenvalue weighted by Crippen LogP contribution is 2.44. The first kappa shape index (κ1) is 29.6. The fourth-order valence-corrected chi connectivity index (χ4v) is 6.31. The molecular formula is C32H40FN5O4. The first-order chi connectivity index (χ1) is 19.9. The quantitative estimate of drug-likeness (QED) is 0.340. The highest BCUT2D eigenvalue weighted by atomic mass is 19.1. The van der Waals surface area contributed by atoms with Gasteiger partial charge in [0.1, 0.15) is 11.9 Å². The smallest absolute Gasteiger partial charge is 0.407 e. The predicted molar refractivity (Wildman–Crippen MR) is 161 cm³/mol. The van der Waals surface area contributed by atoms with Crippen LogP contribution in [-0.2, 0) is 11.2 Å². The van der Waals surface area contributed by atoms with Gasteiger partial charge in [0, 0.05) is 42.2 Å². The molecule has 224 valence electrons. The van der Waals surface area contributed by atoms with Gasteiger partial charge in [-0.25, -0.2) is 9.18 Å². The molecule has 42 heavy (non-hydrogen) atoms. The third-order valence-electron chi connectivity index (χ3n) is 8.26. The zero-order chi connectivity index (χ0) is 30.2. The maximum atomic E-state index is 15.6. The summed E-state index contributed by atoms with van der Waals surface area (Å²) in [6.07, 6.45) is 3.06. The van der Waals surface area contributed by atoms with Gasteiger partial charge in [0.2, 0.25) is 5.91 Å². The Labute approximate surface area is 245 Å². The van der Waals surface area contributed by atoms with E-state index < -0.39 is 17.8 Å². The number of carbonyl (C=O) groups is 3. The molecule has 2 aliphatic rings. The average molecular weight is 578 g/mol. The number of hydrogen-bond donors (Lipinski definition) is 3. The van der Waals surface area contributed by atoms with Gasteiger partial charge in [-0.3, -0.25) is 14.2 Å². The first-order valence-corrected chi connectivity index (χ1v) is 14.6. The van der Waals surface area contributed by atoms with Gasteiger partial charge < -0.3 is 26.0 Å². The Morgan fingerprint density at radius 1 is 1.12 bits per heavy atom. The number of alkyl carbamates (subject to hydrolysis) is 1. The average Bonchev–Trinajstić information content (AvgIpc) is 3.22. The molecule has 0 atom stereocenters. The first-order valence-electron chi connectivity index (χ1n) is 14.6. The molecule has 2 aromatic carbocycles. The van der Waals surface area contributed by atoms with Gasteiger partial charge in [0.05, 0.1) is 16.8 Å². The van der Waals surface area contributed by atoms with Crippen molar-refractivity contribution in [3.05, 3.63) is 53.5 Å². The second-order valence-corrected chi connectivity index (χ2v) is 12.6. The number of primary amides is 1. The van der Waals surface area contributed by atoms with Gasteiger partial charge in [0.25, 0.3) is 5.91 Å². The summed E-state index contributed by atoms with van der Waals surface area (Å²) in [4.78, 5) is 39.8. The van der Waals surface area contributed by atoms with Crippen molar-refractivity contribution in [2.45, 2.75) is 64.5 Å².